The Kier molecular flexibility index (Phi) is 8.10. The van der Waals surface area contributed by atoms with Crippen LogP contribution in [0.3, 0.4) is 0 Å². The maximum atomic E-state index is 12.2. The third-order valence-electron chi connectivity index (χ3n) is 3.61. The largest absolute Gasteiger partial charge is 0.416 e. The van der Waals surface area contributed by atoms with Crippen molar-refractivity contribution in [3.8, 4) is 0 Å². The SMILES string of the molecule is Clc1cc(Br)c2ncc(I)n2n1.OC(CNc1cc(Cl)nn2c(I)cnc12)C(F)(F)F. The van der Waals surface area contributed by atoms with E-state index >= 15 is 0 Å². The van der Waals surface area contributed by atoms with E-state index in [1.807, 2.05) is 22.6 Å². The summed E-state index contributed by atoms with van der Waals surface area (Å²) >= 11 is 19.0. The first-order valence-corrected chi connectivity index (χ1v) is 11.7. The monoisotopic (exact) mass is 763 g/mol. The highest BCUT2D eigenvalue weighted by Crippen LogP contribution is 2.24. The average molecular weight is 765 g/mol. The number of rotatable bonds is 3. The normalized spacial score (nSPS) is 12.7. The Morgan fingerprint density at radius 2 is 1.55 bits per heavy atom. The Labute approximate surface area is 217 Å². The Morgan fingerprint density at radius 3 is 2.13 bits per heavy atom. The zero-order valence-corrected chi connectivity index (χ0v) is 22.2. The summed E-state index contributed by atoms with van der Waals surface area (Å²) in [7, 11) is 0. The summed E-state index contributed by atoms with van der Waals surface area (Å²) in [4.78, 5) is 8.15. The van der Waals surface area contributed by atoms with Gasteiger partial charge in [-0.15, -0.1) is 0 Å². The Morgan fingerprint density at radius 1 is 1.03 bits per heavy atom. The van der Waals surface area contributed by atoms with Crippen molar-refractivity contribution in [3.05, 3.63) is 46.7 Å². The van der Waals surface area contributed by atoms with Crippen LogP contribution in [0.4, 0.5) is 18.9 Å². The van der Waals surface area contributed by atoms with E-state index in [4.69, 9.17) is 28.3 Å². The minimum absolute atomic E-state index is 0.104. The number of anilines is 1. The highest BCUT2D eigenvalue weighted by molar-refractivity contribution is 14.1. The van der Waals surface area contributed by atoms with Gasteiger partial charge in [-0.25, -0.2) is 19.0 Å². The van der Waals surface area contributed by atoms with Gasteiger partial charge in [0.1, 0.15) is 7.40 Å². The molecule has 4 rings (SSSR count). The number of hydrogen-bond donors (Lipinski definition) is 2. The molecule has 4 aromatic heterocycles. The summed E-state index contributed by atoms with van der Waals surface area (Å²) in [5, 5.41) is 20.0. The summed E-state index contributed by atoms with van der Waals surface area (Å²) in [6, 6.07) is 3.07. The lowest BCUT2D eigenvalue weighted by Gasteiger charge is -2.16. The van der Waals surface area contributed by atoms with Crippen molar-refractivity contribution in [3.63, 3.8) is 0 Å². The predicted octanol–water partition coefficient (Wildman–Crippen LogP) is 5.07. The molecule has 166 valence electrons. The molecule has 31 heavy (non-hydrogen) atoms. The molecule has 8 nitrogen and oxygen atoms in total. The van der Waals surface area contributed by atoms with Crippen LogP contribution in [0.2, 0.25) is 10.3 Å². The number of aromatic nitrogens is 6. The first-order chi connectivity index (χ1) is 14.5. The zero-order chi connectivity index (χ0) is 22.9. The quantitative estimate of drug-likeness (QED) is 0.284. The number of halogens is 8. The van der Waals surface area contributed by atoms with Gasteiger partial charge in [0.05, 0.1) is 22.6 Å². The summed E-state index contributed by atoms with van der Waals surface area (Å²) in [5.74, 6) is 0. The van der Waals surface area contributed by atoms with Crippen molar-refractivity contribution in [2.75, 3.05) is 11.9 Å². The van der Waals surface area contributed by atoms with Gasteiger partial charge in [-0.05, 0) is 67.2 Å². The molecule has 0 aliphatic rings. The lowest BCUT2D eigenvalue weighted by Crippen LogP contribution is -2.35. The number of fused-ring (bicyclic) bond motifs is 2. The van der Waals surface area contributed by atoms with Crippen molar-refractivity contribution in [1.29, 1.82) is 0 Å². The van der Waals surface area contributed by atoms with Gasteiger partial charge in [0, 0.05) is 12.6 Å². The Hall–Kier alpha value is -0.690. The van der Waals surface area contributed by atoms with Gasteiger partial charge in [-0.2, -0.15) is 23.4 Å². The number of alkyl halides is 3. The third-order valence-corrected chi connectivity index (χ3v) is 6.04. The third kappa shape index (κ3) is 6.01. The molecule has 4 aromatic rings. The van der Waals surface area contributed by atoms with Gasteiger partial charge in [-0.3, -0.25) is 0 Å². The maximum Gasteiger partial charge on any atom is 0.416 e. The molecule has 2 N–H and O–H groups in total. The van der Waals surface area contributed by atoms with Crippen molar-refractivity contribution >= 4 is 101 Å². The molecule has 0 aromatic carbocycles. The topological polar surface area (TPSA) is 92.6 Å². The fraction of sp³-hybridized carbons (Fsp3) is 0.200. The first-order valence-electron chi connectivity index (χ1n) is 8.01. The molecular formula is C15H9BrCl2F3I2N7O. The molecule has 1 atom stereocenters. The second-order valence-corrected chi connectivity index (χ2v) is 9.61. The first kappa shape index (κ1) is 24.9. The van der Waals surface area contributed by atoms with Crippen molar-refractivity contribution in [2.24, 2.45) is 0 Å². The summed E-state index contributed by atoms with van der Waals surface area (Å²) < 4.78 is 42.1. The summed E-state index contributed by atoms with van der Waals surface area (Å²) in [5.41, 5.74) is 1.39. The van der Waals surface area contributed by atoms with Crippen LogP contribution in [0.1, 0.15) is 0 Å². The molecule has 0 saturated carbocycles. The van der Waals surface area contributed by atoms with Crippen molar-refractivity contribution in [2.45, 2.75) is 12.3 Å². The highest BCUT2D eigenvalue weighted by atomic mass is 127. The van der Waals surface area contributed by atoms with Crippen LogP contribution in [0.15, 0.2) is 29.0 Å². The van der Waals surface area contributed by atoms with Gasteiger partial charge >= 0.3 is 6.18 Å². The van der Waals surface area contributed by atoms with Gasteiger partial charge in [-0.1, -0.05) is 23.2 Å². The molecule has 0 radical (unpaired) electrons. The van der Waals surface area contributed by atoms with E-state index in [2.05, 4.69) is 64.0 Å². The molecule has 0 aliphatic heterocycles. The smallest absolute Gasteiger partial charge is 0.382 e. The molecule has 0 bridgehead atoms. The second-order valence-electron chi connectivity index (χ2n) is 5.77. The van der Waals surface area contributed by atoms with E-state index in [1.165, 1.54) is 16.8 Å². The number of aliphatic hydroxyl groups is 1. The van der Waals surface area contributed by atoms with Crippen LogP contribution < -0.4 is 5.32 Å². The Bertz CT molecular complexity index is 1240. The minimum atomic E-state index is -4.68. The molecule has 0 spiro atoms. The summed E-state index contributed by atoms with van der Waals surface area (Å²) in [6.07, 6.45) is -3.90. The van der Waals surface area contributed by atoms with Crippen LogP contribution in [-0.4, -0.2) is 53.1 Å². The number of hydrogen-bond acceptors (Lipinski definition) is 6. The second kappa shape index (κ2) is 10.1. The molecule has 0 fully saturated rings. The Balaban J connectivity index is 0.000000194. The van der Waals surface area contributed by atoms with Crippen LogP contribution in [-0.2, 0) is 0 Å². The fourth-order valence-electron chi connectivity index (χ4n) is 2.24. The van der Waals surface area contributed by atoms with E-state index < -0.39 is 18.8 Å². The summed E-state index contributed by atoms with van der Waals surface area (Å²) in [6.45, 7) is -0.692. The van der Waals surface area contributed by atoms with E-state index in [9.17, 15) is 13.2 Å². The van der Waals surface area contributed by atoms with Crippen molar-refractivity contribution in [1.82, 2.24) is 29.2 Å². The van der Waals surface area contributed by atoms with Gasteiger partial charge in [0.25, 0.3) is 0 Å². The van der Waals surface area contributed by atoms with Crippen LogP contribution >= 0.6 is 84.3 Å². The van der Waals surface area contributed by atoms with E-state index in [0.717, 1.165) is 13.8 Å². The fourth-order valence-corrected chi connectivity index (χ4v) is 4.18. The van der Waals surface area contributed by atoms with Crippen molar-refractivity contribution < 1.29 is 18.3 Å². The van der Waals surface area contributed by atoms with E-state index in [0.29, 0.717) is 14.5 Å². The number of imidazole rings is 2. The number of nitrogens with one attached hydrogen (secondary N) is 1. The minimum Gasteiger partial charge on any atom is -0.382 e. The van der Waals surface area contributed by atoms with E-state index in [1.54, 1.807) is 16.8 Å². The molecular weight excluding hydrogens is 756 g/mol. The molecule has 1 unspecified atom stereocenters. The molecule has 16 heteroatoms. The maximum absolute atomic E-state index is 12.2. The number of nitrogens with zero attached hydrogens (tertiary/aromatic N) is 6. The highest BCUT2D eigenvalue weighted by Gasteiger charge is 2.38. The van der Waals surface area contributed by atoms with Gasteiger partial charge in [0.15, 0.2) is 27.7 Å². The molecule has 0 aliphatic carbocycles. The molecule has 0 saturated heterocycles. The van der Waals surface area contributed by atoms with Gasteiger partial charge < -0.3 is 10.4 Å². The molecule has 4 heterocycles. The van der Waals surface area contributed by atoms with Gasteiger partial charge in [0.2, 0.25) is 0 Å². The van der Waals surface area contributed by atoms with Crippen LogP contribution in [0, 0.1) is 7.40 Å². The number of aliphatic hydroxyl groups excluding tert-OH is 1. The zero-order valence-electron chi connectivity index (χ0n) is 14.7. The lowest BCUT2D eigenvalue weighted by molar-refractivity contribution is -0.198. The van der Waals surface area contributed by atoms with Crippen LogP contribution in [0.5, 0.6) is 0 Å². The predicted molar refractivity (Wildman–Crippen MR) is 130 cm³/mol. The van der Waals surface area contributed by atoms with Crippen LogP contribution in [0.25, 0.3) is 11.3 Å². The average Bonchev–Trinajstić information content (AvgIpc) is 3.23. The standard InChI is InChI=1S/C9H7ClF3IN4O.C6H2BrClIN3/c10-6-1-4(15-2-5(19)9(11,12)13)8-16-3-7(14)18(8)17-6;7-3-1-4(8)11-12-5(9)2-10-6(3)12/h1,3,5,15,19H,2H2;1-2H. The van der Waals surface area contributed by atoms with E-state index in [-0.39, 0.29) is 10.8 Å². The molecule has 0 amide bonds. The lowest BCUT2D eigenvalue weighted by atomic mass is 10.3.